The van der Waals surface area contributed by atoms with Crippen molar-refractivity contribution >= 4 is 34.7 Å². The third-order valence-corrected chi connectivity index (χ3v) is 3.50. The summed E-state index contributed by atoms with van der Waals surface area (Å²) in [7, 11) is 0. The Morgan fingerprint density at radius 3 is 2.92 bits per heavy atom. The predicted molar refractivity (Wildman–Crippen MR) is 55.5 cm³/mol. The number of hydrogen-bond acceptors (Lipinski definition) is 4. The maximum absolute atomic E-state index is 5.69. The van der Waals surface area contributed by atoms with Crippen LogP contribution >= 0.6 is 34.7 Å². The van der Waals surface area contributed by atoms with Crippen molar-refractivity contribution in [2.75, 3.05) is 0 Å². The topological polar surface area (TPSA) is 25.8 Å². The third-order valence-electron chi connectivity index (χ3n) is 1.28. The maximum atomic E-state index is 5.69. The Morgan fingerprint density at radius 1 is 1.38 bits per heavy atom. The Morgan fingerprint density at radius 2 is 2.31 bits per heavy atom. The minimum absolute atomic E-state index is 0.545. The lowest BCUT2D eigenvalue weighted by Gasteiger charge is -1.93. The van der Waals surface area contributed by atoms with E-state index in [1.165, 1.54) is 23.1 Å². The van der Waals surface area contributed by atoms with Gasteiger partial charge in [-0.1, -0.05) is 17.7 Å². The molecule has 2 aromatic rings. The Kier molecular flexibility index (Phi) is 2.83. The van der Waals surface area contributed by atoms with Crippen molar-refractivity contribution in [1.82, 2.24) is 9.97 Å². The average molecular weight is 229 g/mol. The molecule has 66 valence electrons. The van der Waals surface area contributed by atoms with Crippen molar-refractivity contribution in [1.29, 1.82) is 0 Å². The number of pyridine rings is 1. The zero-order valence-corrected chi connectivity index (χ0v) is 8.86. The van der Waals surface area contributed by atoms with Gasteiger partial charge < -0.3 is 0 Å². The molecule has 0 spiro atoms. The molecule has 2 heterocycles. The summed E-state index contributed by atoms with van der Waals surface area (Å²) in [6, 6.07) is 5.78. The highest BCUT2D eigenvalue weighted by Gasteiger charge is 2.02. The molecule has 0 N–H and O–H groups in total. The zero-order chi connectivity index (χ0) is 9.10. The summed E-state index contributed by atoms with van der Waals surface area (Å²) in [4.78, 5) is 8.28. The number of halogens is 1. The van der Waals surface area contributed by atoms with Crippen molar-refractivity contribution in [2.45, 2.75) is 9.37 Å². The van der Waals surface area contributed by atoms with Gasteiger partial charge in [0.05, 0.1) is 0 Å². The molecule has 0 saturated heterocycles. The Bertz CT molecular complexity index is 388. The van der Waals surface area contributed by atoms with Gasteiger partial charge in [0.25, 0.3) is 0 Å². The van der Waals surface area contributed by atoms with Crippen LogP contribution in [0.1, 0.15) is 0 Å². The van der Waals surface area contributed by atoms with Crippen LogP contribution in [0.5, 0.6) is 0 Å². The molecule has 0 atom stereocenters. The van der Waals surface area contributed by atoms with Crippen molar-refractivity contribution in [3.63, 3.8) is 0 Å². The normalized spacial score (nSPS) is 10.2. The molecule has 2 nitrogen and oxygen atoms in total. The molecule has 0 aliphatic carbocycles. The lowest BCUT2D eigenvalue weighted by atomic mass is 10.5. The molecule has 2 rings (SSSR count). The molecule has 0 fully saturated rings. The van der Waals surface area contributed by atoms with E-state index in [1.807, 2.05) is 23.6 Å². The van der Waals surface area contributed by atoms with Crippen LogP contribution in [-0.4, -0.2) is 9.97 Å². The molecular formula is C8H5ClN2S2. The van der Waals surface area contributed by atoms with Crippen LogP contribution in [0.2, 0.25) is 5.15 Å². The Labute approximate surface area is 89.0 Å². The summed E-state index contributed by atoms with van der Waals surface area (Å²) in [5.41, 5.74) is 0. The molecule has 0 aliphatic rings. The van der Waals surface area contributed by atoms with Gasteiger partial charge in [0, 0.05) is 11.6 Å². The maximum Gasteiger partial charge on any atom is 0.157 e. The molecule has 13 heavy (non-hydrogen) atoms. The van der Waals surface area contributed by atoms with Gasteiger partial charge in [-0.05, 0) is 23.9 Å². The summed E-state index contributed by atoms with van der Waals surface area (Å²) in [6.45, 7) is 0. The molecule has 0 unspecified atom stereocenters. The van der Waals surface area contributed by atoms with Gasteiger partial charge in [-0.3, -0.25) is 0 Å². The van der Waals surface area contributed by atoms with E-state index >= 15 is 0 Å². The lowest BCUT2D eigenvalue weighted by Crippen LogP contribution is -1.75. The summed E-state index contributed by atoms with van der Waals surface area (Å²) < 4.78 is 0.920. The summed E-state index contributed by atoms with van der Waals surface area (Å²) in [6.07, 6.45) is 1.76. The van der Waals surface area contributed by atoms with E-state index in [1.54, 1.807) is 6.20 Å². The van der Waals surface area contributed by atoms with Crippen LogP contribution in [0.25, 0.3) is 0 Å². The van der Waals surface area contributed by atoms with Crippen molar-refractivity contribution in [2.24, 2.45) is 0 Å². The van der Waals surface area contributed by atoms with Crippen LogP contribution < -0.4 is 0 Å². The monoisotopic (exact) mass is 228 g/mol. The van der Waals surface area contributed by atoms with Crippen LogP contribution in [0, 0.1) is 0 Å². The highest BCUT2D eigenvalue weighted by atomic mass is 35.5. The van der Waals surface area contributed by atoms with Crippen LogP contribution in [0.4, 0.5) is 0 Å². The Hall–Kier alpha value is -0.580. The van der Waals surface area contributed by atoms with E-state index in [-0.39, 0.29) is 0 Å². The molecular weight excluding hydrogens is 224 g/mol. The van der Waals surface area contributed by atoms with Gasteiger partial charge in [-0.2, -0.15) is 0 Å². The second-order valence-electron chi connectivity index (χ2n) is 2.21. The van der Waals surface area contributed by atoms with E-state index in [0.29, 0.717) is 5.15 Å². The van der Waals surface area contributed by atoms with Crippen molar-refractivity contribution in [3.05, 3.63) is 34.9 Å². The van der Waals surface area contributed by atoms with Gasteiger partial charge in [-0.25, -0.2) is 9.97 Å². The molecule has 2 aromatic heterocycles. The second kappa shape index (κ2) is 4.09. The largest absolute Gasteiger partial charge is 0.250 e. The smallest absolute Gasteiger partial charge is 0.157 e. The van der Waals surface area contributed by atoms with E-state index in [2.05, 4.69) is 9.97 Å². The number of thiazole rings is 1. The fraction of sp³-hybridized carbons (Fsp3) is 0. The van der Waals surface area contributed by atoms with Gasteiger partial charge in [0.1, 0.15) is 10.2 Å². The summed E-state index contributed by atoms with van der Waals surface area (Å²) >= 11 is 8.74. The summed E-state index contributed by atoms with van der Waals surface area (Å²) in [5.74, 6) is 0. The van der Waals surface area contributed by atoms with Crippen molar-refractivity contribution < 1.29 is 0 Å². The molecule has 0 radical (unpaired) electrons. The van der Waals surface area contributed by atoms with Gasteiger partial charge in [-0.15, -0.1) is 11.3 Å². The first kappa shape index (κ1) is 8.99. The molecule has 0 aliphatic heterocycles. The Balaban J connectivity index is 2.15. The van der Waals surface area contributed by atoms with E-state index in [0.717, 1.165) is 9.37 Å². The lowest BCUT2D eigenvalue weighted by molar-refractivity contribution is 1.12. The highest BCUT2D eigenvalue weighted by molar-refractivity contribution is 8.01. The molecule has 0 saturated carbocycles. The van der Waals surface area contributed by atoms with E-state index < -0.39 is 0 Å². The molecule has 0 bridgehead atoms. The fourth-order valence-electron chi connectivity index (χ4n) is 0.783. The predicted octanol–water partition coefficient (Wildman–Crippen LogP) is 3.34. The number of hydrogen-bond donors (Lipinski definition) is 0. The number of nitrogens with zero attached hydrogens (tertiary/aromatic N) is 2. The van der Waals surface area contributed by atoms with Crippen molar-refractivity contribution in [3.8, 4) is 0 Å². The second-order valence-corrected chi connectivity index (χ2v) is 4.72. The van der Waals surface area contributed by atoms with Crippen LogP contribution in [0.3, 0.4) is 0 Å². The number of rotatable bonds is 2. The standard InChI is InChI=1S/C8H5ClN2S2/c9-6-5-12-8(11-6)13-7-3-1-2-4-10-7/h1-5H. The van der Waals surface area contributed by atoms with E-state index in [4.69, 9.17) is 11.6 Å². The fourth-order valence-corrected chi connectivity index (χ4v) is 2.68. The SMILES string of the molecule is Clc1csc(Sc2ccccn2)n1. The highest BCUT2D eigenvalue weighted by Crippen LogP contribution is 2.29. The van der Waals surface area contributed by atoms with Gasteiger partial charge >= 0.3 is 0 Å². The minimum Gasteiger partial charge on any atom is -0.250 e. The number of aromatic nitrogens is 2. The van der Waals surface area contributed by atoms with Gasteiger partial charge in [0.15, 0.2) is 4.34 Å². The molecule has 0 aromatic carbocycles. The van der Waals surface area contributed by atoms with Crippen LogP contribution in [0.15, 0.2) is 39.1 Å². The first-order chi connectivity index (χ1) is 6.34. The summed E-state index contributed by atoms with van der Waals surface area (Å²) in [5, 5.41) is 3.30. The van der Waals surface area contributed by atoms with E-state index in [9.17, 15) is 0 Å². The molecule has 5 heteroatoms. The van der Waals surface area contributed by atoms with Gasteiger partial charge in [0.2, 0.25) is 0 Å². The molecule has 0 amide bonds. The quantitative estimate of drug-likeness (QED) is 0.789. The average Bonchev–Trinajstić information content (AvgIpc) is 2.53. The third kappa shape index (κ3) is 2.43. The first-order valence-electron chi connectivity index (χ1n) is 3.54. The minimum atomic E-state index is 0.545. The first-order valence-corrected chi connectivity index (χ1v) is 5.62. The van der Waals surface area contributed by atoms with Crippen LogP contribution in [-0.2, 0) is 0 Å². The zero-order valence-electron chi connectivity index (χ0n) is 6.48.